The van der Waals surface area contributed by atoms with Gasteiger partial charge in [0, 0.05) is 19.4 Å². The molecule has 0 radical (unpaired) electrons. The van der Waals surface area contributed by atoms with Gasteiger partial charge >= 0.3 is 5.97 Å². The number of halogens is 3. The third kappa shape index (κ3) is 2.56. The molecular formula is C15H15ClF2N2O2. The molecule has 1 heterocycles. The van der Waals surface area contributed by atoms with Gasteiger partial charge in [0.1, 0.15) is 0 Å². The molecule has 3 rings (SSSR count). The number of benzene rings is 1. The van der Waals surface area contributed by atoms with Crippen molar-refractivity contribution >= 4 is 28.5 Å². The Hall–Kier alpha value is -1.69. The van der Waals surface area contributed by atoms with E-state index in [1.54, 1.807) is 12.1 Å². The molecule has 2 aromatic rings. The van der Waals surface area contributed by atoms with E-state index in [1.165, 1.54) is 4.68 Å². The number of alkyl halides is 2. The summed E-state index contributed by atoms with van der Waals surface area (Å²) in [5.74, 6) is -4.09. The van der Waals surface area contributed by atoms with Crippen molar-refractivity contribution in [3.63, 3.8) is 0 Å². The maximum Gasteiger partial charge on any atom is 0.354 e. The molecule has 0 bridgehead atoms. The fourth-order valence-corrected chi connectivity index (χ4v) is 3.36. The van der Waals surface area contributed by atoms with Gasteiger partial charge in [-0.3, -0.25) is 4.68 Å². The molecule has 118 valence electrons. The van der Waals surface area contributed by atoms with Crippen molar-refractivity contribution < 1.29 is 18.7 Å². The van der Waals surface area contributed by atoms with E-state index in [-0.39, 0.29) is 31.0 Å². The molecule has 0 amide bonds. The quantitative estimate of drug-likeness (QED) is 0.921. The molecule has 1 atom stereocenters. The highest BCUT2D eigenvalue weighted by atomic mass is 35.5. The van der Waals surface area contributed by atoms with Gasteiger partial charge in [-0.15, -0.1) is 0 Å². The second kappa shape index (κ2) is 5.19. The van der Waals surface area contributed by atoms with Crippen molar-refractivity contribution in [1.29, 1.82) is 0 Å². The predicted octanol–water partition coefficient (Wildman–Crippen LogP) is 4.13. The summed E-state index contributed by atoms with van der Waals surface area (Å²) in [5, 5.41) is 14.5. The van der Waals surface area contributed by atoms with Crippen LogP contribution in [-0.4, -0.2) is 26.8 Å². The van der Waals surface area contributed by atoms with E-state index in [2.05, 4.69) is 5.10 Å². The van der Waals surface area contributed by atoms with Gasteiger partial charge in [0.2, 0.25) is 5.92 Å². The molecule has 1 unspecified atom stereocenters. The van der Waals surface area contributed by atoms with Gasteiger partial charge in [-0.1, -0.05) is 17.7 Å². The van der Waals surface area contributed by atoms with Gasteiger partial charge in [-0.05, 0) is 30.9 Å². The van der Waals surface area contributed by atoms with Gasteiger partial charge in [-0.25, -0.2) is 13.6 Å². The number of rotatable bonds is 3. The van der Waals surface area contributed by atoms with Crippen molar-refractivity contribution in [1.82, 2.24) is 9.78 Å². The Kier molecular flexibility index (Phi) is 3.59. The lowest BCUT2D eigenvalue weighted by molar-refractivity contribution is 0.00422. The van der Waals surface area contributed by atoms with E-state index < -0.39 is 11.9 Å². The monoisotopic (exact) mass is 328 g/mol. The first-order valence-corrected chi connectivity index (χ1v) is 7.43. The van der Waals surface area contributed by atoms with E-state index in [4.69, 9.17) is 11.6 Å². The minimum atomic E-state index is -2.66. The number of hydrogen-bond acceptors (Lipinski definition) is 2. The third-order valence-corrected chi connectivity index (χ3v) is 4.50. The van der Waals surface area contributed by atoms with Crippen LogP contribution in [0.1, 0.15) is 35.3 Å². The molecule has 1 aromatic carbocycles. The lowest BCUT2D eigenvalue weighted by Gasteiger charge is -2.12. The second-order valence-corrected chi connectivity index (χ2v) is 6.30. The van der Waals surface area contributed by atoms with E-state index in [0.717, 1.165) is 5.56 Å². The molecule has 0 saturated heterocycles. The largest absolute Gasteiger partial charge is 0.477 e. The first-order valence-electron chi connectivity index (χ1n) is 7.05. The molecule has 1 saturated carbocycles. The number of aromatic nitrogens is 2. The lowest BCUT2D eigenvalue weighted by atomic mass is 10.1. The number of carbonyl (C=O) groups is 1. The fraction of sp³-hybridized carbons (Fsp3) is 0.467. The summed E-state index contributed by atoms with van der Waals surface area (Å²) in [4.78, 5) is 11.6. The van der Waals surface area contributed by atoms with Crippen LogP contribution in [0.2, 0.25) is 5.02 Å². The smallest absolute Gasteiger partial charge is 0.354 e. The molecule has 4 nitrogen and oxygen atoms in total. The summed E-state index contributed by atoms with van der Waals surface area (Å²) >= 11 is 6.12. The number of nitrogens with zero attached hydrogens (tertiary/aromatic N) is 2. The lowest BCUT2D eigenvalue weighted by Crippen LogP contribution is -2.17. The zero-order valence-electron chi connectivity index (χ0n) is 11.9. The minimum Gasteiger partial charge on any atom is -0.477 e. The summed E-state index contributed by atoms with van der Waals surface area (Å²) in [7, 11) is 0. The first kappa shape index (κ1) is 15.2. The average Bonchev–Trinajstić information content (AvgIpc) is 2.95. The Balaban J connectivity index is 2.06. The summed E-state index contributed by atoms with van der Waals surface area (Å²) in [6.07, 6.45) is -0.00932. The summed E-state index contributed by atoms with van der Waals surface area (Å²) < 4.78 is 28.0. The highest BCUT2D eigenvalue weighted by Crippen LogP contribution is 2.40. The van der Waals surface area contributed by atoms with Gasteiger partial charge in [0.05, 0.1) is 15.9 Å². The average molecular weight is 329 g/mol. The molecule has 1 aliphatic carbocycles. The van der Waals surface area contributed by atoms with Crippen LogP contribution in [0.15, 0.2) is 12.1 Å². The van der Waals surface area contributed by atoms with Crippen LogP contribution in [0.3, 0.4) is 0 Å². The molecule has 1 aromatic heterocycles. The van der Waals surface area contributed by atoms with Crippen LogP contribution in [0.25, 0.3) is 10.9 Å². The van der Waals surface area contributed by atoms with Crippen molar-refractivity contribution in [2.24, 2.45) is 5.92 Å². The molecule has 0 aliphatic heterocycles. The van der Waals surface area contributed by atoms with Gasteiger partial charge in [-0.2, -0.15) is 5.10 Å². The molecular weight excluding hydrogens is 314 g/mol. The number of aryl methyl sites for hydroxylation is 1. The second-order valence-electron chi connectivity index (χ2n) is 5.89. The Morgan fingerprint density at radius 3 is 2.86 bits per heavy atom. The Labute approximate surface area is 130 Å². The number of hydrogen-bond donors (Lipinski definition) is 1. The molecule has 1 fully saturated rings. The zero-order chi connectivity index (χ0) is 16.1. The normalized spacial score (nSPS) is 20.6. The molecule has 0 spiro atoms. The first-order chi connectivity index (χ1) is 10.3. The van der Waals surface area contributed by atoms with Gasteiger partial charge in [0.25, 0.3) is 0 Å². The third-order valence-electron chi connectivity index (χ3n) is 4.18. The number of aromatic carboxylic acids is 1. The highest BCUT2D eigenvalue weighted by Gasteiger charge is 2.40. The topological polar surface area (TPSA) is 55.1 Å². The minimum absolute atomic E-state index is 0.0288. The standard InChI is InChI=1S/C15H15ClF2N2O2/c1-8-2-3-10(16)11-12(8)19-20(13(11)14(21)22)7-9-4-5-15(17,18)6-9/h2-3,9H,4-7H2,1H3,(H,21,22). The van der Waals surface area contributed by atoms with Crippen LogP contribution < -0.4 is 0 Å². The van der Waals surface area contributed by atoms with E-state index >= 15 is 0 Å². The predicted molar refractivity (Wildman–Crippen MR) is 78.7 cm³/mol. The molecule has 1 aliphatic rings. The van der Waals surface area contributed by atoms with Crippen molar-refractivity contribution in [3.05, 3.63) is 28.4 Å². The van der Waals surface area contributed by atoms with Crippen LogP contribution in [0.5, 0.6) is 0 Å². The van der Waals surface area contributed by atoms with E-state index in [9.17, 15) is 18.7 Å². The number of carboxylic acid groups (broad SMARTS) is 1. The Morgan fingerprint density at radius 1 is 1.55 bits per heavy atom. The summed E-state index contributed by atoms with van der Waals surface area (Å²) in [6.45, 7) is 1.98. The Bertz CT molecular complexity index is 758. The van der Waals surface area contributed by atoms with Crippen molar-refractivity contribution in [2.45, 2.75) is 38.7 Å². The summed E-state index contributed by atoms with van der Waals surface area (Å²) in [5.41, 5.74) is 1.28. The molecule has 22 heavy (non-hydrogen) atoms. The fourth-order valence-electron chi connectivity index (χ4n) is 3.12. The number of fused-ring (bicyclic) bond motifs is 1. The highest BCUT2D eigenvalue weighted by molar-refractivity contribution is 6.36. The zero-order valence-corrected chi connectivity index (χ0v) is 12.7. The number of carboxylic acids is 1. The van der Waals surface area contributed by atoms with Gasteiger partial charge < -0.3 is 5.11 Å². The van der Waals surface area contributed by atoms with Crippen LogP contribution in [-0.2, 0) is 6.54 Å². The maximum atomic E-state index is 13.3. The molecule has 1 N–H and O–H groups in total. The van der Waals surface area contributed by atoms with Crippen LogP contribution in [0, 0.1) is 12.8 Å². The van der Waals surface area contributed by atoms with Crippen molar-refractivity contribution in [2.75, 3.05) is 0 Å². The maximum absolute atomic E-state index is 13.3. The van der Waals surface area contributed by atoms with Crippen LogP contribution in [0.4, 0.5) is 8.78 Å². The Morgan fingerprint density at radius 2 is 2.27 bits per heavy atom. The SMILES string of the molecule is Cc1ccc(Cl)c2c(C(=O)O)n(CC3CCC(F)(F)C3)nc12. The van der Waals surface area contributed by atoms with Crippen molar-refractivity contribution in [3.8, 4) is 0 Å². The van der Waals surface area contributed by atoms with E-state index in [1.807, 2.05) is 6.92 Å². The van der Waals surface area contributed by atoms with E-state index in [0.29, 0.717) is 22.3 Å². The van der Waals surface area contributed by atoms with Crippen LogP contribution >= 0.6 is 11.6 Å². The molecule has 7 heteroatoms. The summed E-state index contributed by atoms with van der Waals surface area (Å²) in [6, 6.07) is 3.39. The van der Waals surface area contributed by atoms with Gasteiger partial charge in [0.15, 0.2) is 5.69 Å².